The molecule has 1 aromatic heterocycles. The number of aryl methyl sites for hydroxylation is 1. The smallest absolute Gasteiger partial charge is 0.0648 e. The summed E-state index contributed by atoms with van der Waals surface area (Å²) < 4.78 is 1.86. The van der Waals surface area contributed by atoms with Gasteiger partial charge in [-0.1, -0.05) is 6.07 Å². The van der Waals surface area contributed by atoms with Crippen LogP contribution >= 0.6 is 0 Å². The second-order valence-corrected chi connectivity index (χ2v) is 4.12. The molecule has 1 aliphatic carbocycles. The Kier molecular flexibility index (Phi) is 2.10. The maximum Gasteiger partial charge on any atom is 0.0648 e. The number of hydrogen-bond acceptors (Lipinski definition) is 2. The Morgan fingerprint density at radius 3 is 3.00 bits per heavy atom. The molecule has 3 heteroatoms. The molecule has 0 spiro atoms. The van der Waals surface area contributed by atoms with Gasteiger partial charge in [0.15, 0.2) is 0 Å². The van der Waals surface area contributed by atoms with Gasteiger partial charge in [-0.2, -0.15) is 5.10 Å². The molecule has 1 heterocycles. The van der Waals surface area contributed by atoms with Crippen molar-refractivity contribution in [3.8, 4) is 5.69 Å². The maximum absolute atomic E-state index is 7.89. The standard InChI is InChI=1S/C13H13N3/c14-13-4-1-3-10-9-11(5-6-12(10)13)16-8-2-7-15-16/h2,5-9,14H,1,3-4H2. The largest absolute Gasteiger partial charge is 0.305 e. The molecule has 16 heavy (non-hydrogen) atoms. The highest BCUT2D eigenvalue weighted by atomic mass is 15.3. The van der Waals surface area contributed by atoms with E-state index in [9.17, 15) is 0 Å². The fourth-order valence-corrected chi connectivity index (χ4v) is 2.24. The number of fused-ring (bicyclic) bond motifs is 1. The van der Waals surface area contributed by atoms with Crippen molar-refractivity contribution in [2.45, 2.75) is 19.3 Å². The molecule has 3 rings (SSSR count). The highest BCUT2D eigenvalue weighted by molar-refractivity contribution is 6.00. The van der Waals surface area contributed by atoms with Crippen LogP contribution in [-0.2, 0) is 6.42 Å². The molecule has 0 atom stereocenters. The third-order valence-corrected chi connectivity index (χ3v) is 3.06. The van der Waals surface area contributed by atoms with Crippen molar-refractivity contribution in [2.24, 2.45) is 0 Å². The molecule has 1 aromatic carbocycles. The number of nitrogens with zero attached hydrogens (tertiary/aromatic N) is 2. The predicted octanol–water partition coefficient (Wildman–Crippen LogP) is 2.58. The molecule has 80 valence electrons. The van der Waals surface area contributed by atoms with E-state index in [0.29, 0.717) is 0 Å². The molecule has 0 unspecified atom stereocenters. The summed E-state index contributed by atoms with van der Waals surface area (Å²) in [5, 5.41) is 12.1. The van der Waals surface area contributed by atoms with Gasteiger partial charge < -0.3 is 5.41 Å². The minimum Gasteiger partial charge on any atom is -0.305 e. The highest BCUT2D eigenvalue weighted by Gasteiger charge is 2.14. The first-order chi connectivity index (χ1) is 7.84. The summed E-state index contributed by atoms with van der Waals surface area (Å²) in [6.45, 7) is 0. The minimum atomic E-state index is 0.772. The summed E-state index contributed by atoms with van der Waals surface area (Å²) in [4.78, 5) is 0. The van der Waals surface area contributed by atoms with Crippen LogP contribution in [0.5, 0.6) is 0 Å². The summed E-state index contributed by atoms with van der Waals surface area (Å²) >= 11 is 0. The molecule has 1 N–H and O–H groups in total. The van der Waals surface area contributed by atoms with Crippen LogP contribution in [0.1, 0.15) is 24.0 Å². The Morgan fingerprint density at radius 1 is 1.25 bits per heavy atom. The van der Waals surface area contributed by atoms with E-state index < -0.39 is 0 Å². The lowest BCUT2D eigenvalue weighted by Gasteiger charge is -2.17. The summed E-state index contributed by atoms with van der Waals surface area (Å²) in [6.07, 6.45) is 6.80. The van der Waals surface area contributed by atoms with E-state index >= 15 is 0 Å². The second-order valence-electron chi connectivity index (χ2n) is 4.12. The fraction of sp³-hybridized carbons (Fsp3) is 0.231. The van der Waals surface area contributed by atoms with Gasteiger partial charge in [0.25, 0.3) is 0 Å². The van der Waals surface area contributed by atoms with Crippen LogP contribution < -0.4 is 0 Å². The van der Waals surface area contributed by atoms with Gasteiger partial charge in [0.1, 0.15) is 0 Å². The predicted molar refractivity (Wildman–Crippen MR) is 63.3 cm³/mol. The van der Waals surface area contributed by atoms with Crippen LogP contribution in [0.4, 0.5) is 0 Å². The Balaban J connectivity index is 2.08. The van der Waals surface area contributed by atoms with E-state index in [2.05, 4.69) is 11.2 Å². The van der Waals surface area contributed by atoms with Gasteiger partial charge in [-0.3, -0.25) is 0 Å². The summed E-state index contributed by atoms with van der Waals surface area (Å²) in [5.74, 6) is 0. The Morgan fingerprint density at radius 2 is 2.19 bits per heavy atom. The number of nitrogens with one attached hydrogen (secondary N) is 1. The van der Waals surface area contributed by atoms with Crippen molar-refractivity contribution in [2.75, 3.05) is 0 Å². The molecular weight excluding hydrogens is 198 g/mol. The number of benzene rings is 1. The Bertz CT molecular complexity index is 526. The molecule has 0 saturated heterocycles. The van der Waals surface area contributed by atoms with Crippen LogP contribution in [0.15, 0.2) is 36.7 Å². The molecule has 2 aromatic rings. The molecule has 0 radical (unpaired) electrons. The normalized spacial score (nSPS) is 14.9. The van der Waals surface area contributed by atoms with Crippen LogP contribution in [0.2, 0.25) is 0 Å². The molecular formula is C13H13N3. The van der Waals surface area contributed by atoms with Crippen molar-refractivity contribution in [1.29, 1.82) is 5.41 Å². The molecule has 0 amide bonds. The second kappa shape index (κ2) is 3.59. The highest BCUT2D eigenvalue weighted by Crippen LogP contribution is 2.23. The van der Waals surface area contributed by atoms with Gasteiger partial charge in [0, 0.05) is 18.1 Å². The lowest BCUT2D eigenvalue weighted by atomic mass is 9.90. The van der Waals surface area contributed by atoms with Crippen molar-refractivity contribution in [3.63, 3.8) is 0 Å². The monoisotopic (exact) mass is 211 g/mol. The average Bonchev–Trinajstić information content (AvgIpc) is 2.82. The van der Waals surface area contributed by atoms with Gasteiger partial charge in [-0.05, 0) is 48.6 Å². The lowest BCUT2D eigenvalue weighted by molar-refractivity contribution is 0.825. The van der Waals surface area contributed by atoms with Crippen molar-refractivity contribution < 1.29 is 0 Å². The quantitative estimate of drug-likeness (QED) is 0.774. The van der Waals surface area contributed by atoms with E-state index in [1.54, 1.807) is 6.20 Å². The van der Waals surface area contributed by atoms with Crippen molar-refractivity contribution in [3.05, 3.63) is 47.8 Å². The maximum atomic E-state index is 7.89. The van der Waals surface area contributed by atoms with E-state index in [4.69, 9.17) is 5.41 Å². The molecule has 1 aliphatic rings. The van der Waals surface area contributed by atoms with Crippen LogP contribution in [0.25, 0.3) is 5.69 Å². The van der Waals surface area contributed by atoms with Gasteiger partial charge in [-0.15, -0.1) is 0 Å². The van der Waals surface area contributed by atoms with Gasteiger partial charge in [0.2, 0.25) is 0 Å². The SMILES string of the molecule is N=C1CCCc2cc(-n3cccn3)ccc21. The summed E-state index contributed by atoms with van der Waals surface area (Å²) in [6, 6.07) is 8.15. The van der Waals surface area contributed by atoms with Crippen molar-refractivity contribution >= 4 is 5.71 Å². The van der Waals surface area contributed by atoms with Crippen molar-refractivity contribution in [1.82, 2.24) is 9.78 Å². The number of aromatic nitrogens is 2. The first-order valence-electron chi connectivity index (χ1n) is 5.55. The van der Waals surface area contributed by atoms with Gasteiger partial charge in [-0.25, -0.2) is 4.68 Å². The van der Waals surface area contributed by atoms with Crippen LogP contribution in [0, 0.1) is 5.41 Å². The van der Waals surface area contributed by atoms with Gasteiger partial charge >= 0.3 is 0 Å². The zero-order chi connectivity index (χ0) is 11.0. The first-order valence-corrected chi connectivity index (χ1v) is 5.55. The third kappa shape index (κ3) is 1.45. The van der Waals surface area contributed by atoms with Crippen LogP contribution in [0.3, 0.4) is 0 Å². The summed E-state index contributed by atoms with van der Waals surface area (Å²) in [5.41, 5.74) is 4.25. The fourth-order valence-electron chi connectivity index (χ4n) is 2.24. The number of hydrogen-bond donors (Lipinski definition) is 1. The zero-order valence-electron chi connectivity index (χ0n) is 8.98. The molecule has 0 bridgehead atoms. The first kappa shape index (κ1) is 9.33. The Hall–Kier alpha value is -1.90. The topological polar surface area (TPSA) is 41.7 Å². The minimum absolute atomic E-state index is 0.772. The van der Waals surface area contributed by atoms with E-state index in [0.717, 1.165) is 36.2 Å². The number of rotatable bonds is 1. The molecule has 0 fully saturated rings. The Labute approximate surface area is 94.2 Å². The third-order valence-electron chi connectivity index (χ3n) is 3.06. The molecule has 0 aliphatic heterocycles. The molecule has 3 nitrogen and oxygen atoms in total. The lowest BCUT2D eigenvalue weighted by Crippen LogP contribution is -2.11. The molecule has 0 saturated carbocycles. The average molecular weight is 211 g/mol. The zero-order valence-corrected chi connectivity index (χ0v) is 8.98. The van der Waals surface area contributed by atoms with E-state index in [1.807, 2.05) is 29.1 Å². The van der Waals surface area contributed by atoms with E-state index in [1.165, 1.54) is 5.56 Å². The van der Waals surface area contributed by atoms with Gasteiger partial charge in [0.05, 0.1) is 5.69 Å². The van der Waals surface area contributed by atoms with Crippen LogP contribution in [-0.4, -0.2) is 15.5 Å². The summed E-state index contributed by atoms with van der Waals surface area (Å²) in [7, 11) is 0. The van der Waals surface area contributed by atoms with E-state index in [-0.39, 0.29) is 0 Å².